The Bertz CT molecular complexity index is 630. The van der Waals surface area contributed by atoms with E-state index in [4.69, 9.17) is 5.14 Å². The maximum atomic E-state index is 11.9. The molecule has 1 saturated heterocycles. The van der Waals surface area contributed by atoms with E-state index in [1.54, 1.807) is 0 Å². The van der Waals surface area contributed by atoms with Crippen LogP contribution in [0.1, 0.15) is 46.6 Å². The van der Waals surface area contributed by atoms with Gasteiger partial charge in [0.25, 0.3) is 0 Å². The first kappa shape index (κ1) is 15.5. The Kier molecular flexibility index (Phi) is 4.23. The van der Waals surface area contributed by atoms with Gasteiger partial charge in [-0.1, -0.05) is 0 Å². The number of sulfonamides is 1. The zero-order chi connectivity index (χ0) is 15.1. The van der Waals surface area contributed by atoms with Gasteiger partial charge >= 0.3 is 0 Å². The van der Waals surface area contributed by atoms with Crippen molar-refractivity contribution in [2.45, 2.75) is 51.3 Å². The van der Waals surface area contributed by atoms with Crippen LogP contribution in [0.4, 0.5) is 0 Å². The van der Waals surface area contributed by atoms with Crippen LogP contribution >= 0.6 is 0 Å². The second-order valence-electron chi connectivity index (χ2n) is 5.81. The van der Waals surface area contributed by atoms with E-state index in [0.717, 1.165) is 42.6 Å². The van der Waals surface area contributed by atoms with E-state index >= 15 is 0 Å². The molecule has 0 atom stereocenters. The summed E-state index contributed by atoms with van der Waals surface area (Å²) in [5, 5.41) is 8.79. The molecule has 0 amide bonds. The molecule has 0 aliphatic carbocycles. The third-order valence-electron chi connectivity index (χ3n) is 4.65. The van der Waals surface area contributed by atoms with Crippen molar-refractivity contribution in [2.75, 3.05) is 13.1 Å². The normalized spacial score (nSPS) is 17.4. The second-order valence-corrected chi connectivity index (χ2v) is 7.31. The Balaban J connectivity index is 2.71. The zero-order valence-corrected chi connectivity index (χ0v) is 13.5. The second kappa shape index (κ2) is 5.47. The molecule has 20 heavy (non-hydrogen) atoms. The van der Waals surface area contributed by atoms with Crippen LogP contribution < -0.4 is 10.5 Å². The topological polar surface area (TPSA) is 72.2 Å². The van der Waals surface area contributed by atoms with E-state index in [1.165, 1.54) is 11.1 Å². The summed E-state index contributed by atoms with van der Waals surface area (Å²) in [6.07, 6.45) is 2.10. The van der Waals surface area contributed by atoms with E-state index in [0.29, 0.717) is 10.8 Å². The van der Waals surface area contributed by atoms with E-state index in [9.17, 15) is 8.42 Å². The van der Waals surface area contributed by atoms with E-state index < -0.39 is 10.0 Å². The highest BCUT2D eigenvalue weighted by atomic mass is 32.2. The van der Waals surface area contributed by atoms with Crippen molar-refractivity contribution in [3.63, 3.8) is 0 Å². The fourth-order valence-corrected chi connectivity index (χ4v) is 4.60. The number of nitrogens with one attached hydrogen (secondary N) is 1. The Morgan fingerprint density at radius 3 is 2.00 bits per heavy atom. The molecule has 1 aliphatic heterocycles. The molecule has 1 aliphatic rings. The predicted molar refractivity (Wildman–Crippen MR) is 81.6 cm³/mol. The molecule has 1 aromatic rings. The summed E-state index contributed by atoms with van der Waals surface area (Å²) in [7, 11) is -3.68. The third kappa shape index (κ3) is 2.62. The fourth-order valence-electron chi connectivity index (χ4n) is 3.49. The molecule has 0 unspecified atom stereocenters. The summed E-state index contributed by atoms with van der Waals surface area (Å²) < 4.78 is 23.9. The van der Waals surface area contributed by atoms with Crippen molar-refractivity contribution in [3.05, 3.63) is 27.8 Å². The van der Waals surface area contributed by atoms with Crippen LogP contribution in [0.15, 0.2) is 4.90 Å². The maximum Gasteiger partial charge on any atom is 0.238 e. The van der Waals surface area contributed by atoms with Crippen molar-refractivity contribution in [2.24, 2.45) is 5.14 Å². The predicted octanol–water partition coefficient (Wildman–Crippen LogP) is 2.03. The maximum absolute atomic E-state index is 11.9. The summed E-state index contributed by atoms with van der Waals surface area (Å²) in [4.78, 5) is 0.328. The Hall–Kier alpha value is -0.910. The Morgan fingerprint density at radius 2 is 1.50 bits per heavy atom. The van der Waals surface area contributed by atoms with Gasteiger partial charge in [-0.25, -0.2) is 13.6 Å². The average molecular weight is 296 g/mol. The van der Waals surface area contributed by atoms with Gasteiger partial charge in [0.15, 0.2) is 0 Å². The van der Waals surface area contributed by atoms with Crippen LogP contribution in [-0.2, 0) is 10.0 Å². The molecular weight excluding hydrogens is 272 g/mol. The van der Waals surface area contributed by atoms with E-state index in [-0.39, 0.29) is 0 Å². The van der Waals surface area contributed by atoms with Gasteiger partial charge < -0.3 is 5.32 Å². The van der Waals surface area contributed by atoms with Crippen molar-refractivity contribution in [1.82, 2.24) is 5.32 Å². The number of primary sulfonamides is 1. The van der Waals surface area contributed by atoms with Gasteiger partial charge in [0.1, 0.15) is 0 Å². The molecule has 4 nitrogen and oxygen atoms in total. The van der Waals surface area contributed by atoms with Crippen molar-refractivity contribution in [1.29, 1.82) is 0 Å². The largest absolute Gasteiger partial charge is 0.317 e. The highest BCUT2D eigenvalue weighted by molar-refractivity contribution is 7.89. The molecular formula is C15H24N2O2S. The number of piperidine rings is 1. The quantitative estimate of drug-likeness (QED) is 0.877. The lowest BCUT2D eigenvalue weighted by atomic mass is 9.82. The summed E-state index contributed by atoms with van der Waals surface area (Å²) in [6.45, 7) is 9.81. The summed E-state index contributed by atoms with van der Waals surface area (Å²) in [5.74, 6) is 0.427. The zero-order valence-electron chi connectivity index (χ0n) is 12.7. The summed E-state index contributed by atoms with van der Waals surface area (Å²) in [6, 6.07) is 0. The minimum atomic E-state index is -3.68. The van der Waals surface area contributed by atoms with Gasteiger partial charge in [-0.05, 0) is 87.4 Å². The summed E-state index contributed by atoms with van der Waals surface area (Å²) in [5.41, 5.74) is 5.10. The highest BCUT2D eigenvalue weighted by Gasteiger charge is 2.26. The molecule has 0 aromatic heterocycles. The average Bonchev–Trinajstić information content (AvgIpc) is 2.36. The Labute approximate surface area is 121 Å². The lowest BCUT2D eigenvalue weighted by Crippen LogP contribution is -2.28. The van der Waals surface area contributed by atoms with Gasteiger partial charge in [-0.2, -0.15) is 0 Å². The molecule has 0 saturated carbocycles. The van der Waals surface area contributed by atoms with Crippen molar-refractivity contribution < 1.29 is 8.42 Å². The standard InChI is InChI=1S/C15H24N2O2S/c1-9-10(2)14(13-5-7-17-8-6-13)12(4)15(11(9)3)20(16,18)19/h13,17H,5-8H2,1-4H3,(H2,16,18,19). The first-order valence-corrected chi connectivity index (χ1v) is 8.63. The number of benzene rings is 1. The molecule has 112 valence electrons. The molecule has 1 fully saturated rings. The minimum absolute atomic E-state index is 0.328. The van der Waals surface area contributed by atoms with Crippen LogP contribution in [-0.4, -0.2) is 21.5 Å². The van der Waals surface area contributed by atoms with Crippen molar-refractivity contribution in [3.8, 4) is 0 Å². The highest BCUT2D eigenvalue weighted by Crippen LogP contribution is 2.37. The molecule has 2 rings (SSSR count). The minimum Gasteiger partial charge on any atom is -0.317 e. The number of hydrogen-bond acceptors (Lipinski definition) is 3. The van der Waals surface area contributed by atoms with E-state index in [1.807, 2.05) is 20.8 Å². The van der Waals surface area contributed by atoms with Crippen LogP contribution in [0.5, 0.6) is 0 Å². The molecule has 5 heteroatoms. The third-order valence-corrected chi connectivity index (χ3v) is 5.83. The SMILES string of the molecule is Cc1c(C)c(C2CCNCC2)c(C)c(S(N)(=O)=O)c1C. The van der Waals surface area contributed by atoms with Gasteiger partial charge in [0, 0.05) is 0 Å². The van der Waals surface area contributed by atoms with Crippen LogP contribution in [0.25, 0.3) is 0 Å². The molecule has 0 bridgehead atoms. The molecule has 0 spiro atoms. The first-order valence-electron chi connectivity index (χ1n) is 7.09. The van der Waals surface area contributed by atoms with E-state index in [2.05, 4.69) is 12.2 Å². The van der Waals surface area contributed by atoms with Gasteiger partial charge in [0.2, 0.25) is 10.0 Å². The lowest BCUT2D eigenvalue weighted by Gasteiger charge is -2.29. The molecule has 0 radical (unpaired) electrons. The Morgan fingerprint density at radius 1 is 0.950 bits per heavy atom. The van der Waals surface area contributed by atoms with Crippen LogP contribution in [0.3, 0.4) is 0 Å². The van der Waals surface area contributed by atoms with Gasteiger partial charge in [0.05, 0.1) is 4.90 Å². The number of rotatable bonds is 2. The van der Waals surface area contributed by atoms with Crippen molar-refractivity contribution >= 4 is 10.0 Å². The monoisotopic (exact) mass is 296 g/mol. The number of nitrogens with two attached hydrogens (primary N) is 1. The first-order chi connectivity index (χ1) is 9.25. The van der Waals surface area contributed by atoms with Crippen LogP contribution in [0.2, 0.25) is 0 Å². The molecule has 3 N–H and O–H groups in total. The molecule has 1 heterocycles. The fraction of sp³-hybridized carbons (Fsp3) is 0.600. The van der Waals surface area contributed by atoms with Gasteiger partial charge in [-0.3, -0.25) is 0 Å². The molecule has 1 aromatic carbocycles. The smallest absolute Gasteiger partial charge is 0.238 e. The van der Waals surface area contributed by atoms with Crippen LogP contribution in [0, 0.1) is 27.7 Å². The summed E-state index contributed by atoms with van der Waals surface area (Å²) >= 11 is 0. The van der Waals surface area contributed by atoms with Gasteiger partial charge in [-0.15, -0.1) is 0 Å². The lowest BCUT2D eigenvalue weighted by molar-refractivity contribution is 0.456. The number of hydrogen-bond donors (Lipinski definition) is 2.